The van der Waals surface area contributed by atoms with Crippen LogP contribution in [0.15, 0.2) is 6.07 Å². The molecule has 1 aliphatic carbocycles. The highest BCUT2D eigenvalue weighted by molar-refractivity contribution is 5.76. The van der Waals surface area contributed by atoms with Crippen LogP contribution in [-0.2, 0) is 16.9 Å². The number of tetrazole rings is 1. The summed E-state index contributed by atoms with van der Waals surface area (Å²) in [4.78, 5) is 17.3. The normalized spacial score (nSPS) is 23.3. The van der Waals surface area contributed by atoms with Gasteiger partial charge >= 0.3 is 0 Å². The van der Waals surface area contributed by atoms with E-state index in [-0.39, 0.29) is 18.0 Å². The summed E-state index contributed by atoms with van der Waals surface area (Å²) in [6, 6.07) is 2.38. The SMILES string of the molecule is Cc1cc(C)n(CC(=O)N2CCCC(c3nnnn3C3CCCC3)(N(C)C)C2)n1. The van der Waals surface area contributed by atoms with Gasteiger partial charge in [0.25, 0.3) is 0 Å². The van der Waals surface area contributed by atoms with Gasteiger partial charge < -0.3 is 4.90 Å². The van der Waals surface area contributed by atoms with Crippen LogP contribution in [0.2, 0.25) is 0 Å². The molecule has 2 aromatic rings. The van der Waals surface area contributed by atoms with Crippen molar-refractivity contribution in [3.05, 3.63) is 23.3 Å². The highest BCUT2D eigenvalue weighted by Crippen LogP contribution is 2.38. The number of hydrogen-bond acceptors (Lipinski definition) is 6. The monoisotopic (exact) mass is 400 g/mol. The molecule has 29 heavy (non-hydrogen) atoms. The van der Waals surface area contributed by atoms with E-state index in [1.54, 1.807) is 4.68 Å². The van der Waals surface area contributed by atoms with E-state index in [1.165, 1.54) is 12.8 Å². The molecule has 1 amide bonds. The summed E-state index contributed by atoms with van der Waals surface area (Å²) in [6.45, 7) is 5.58. The molecule has 3 heterocycles. The van der Waals surface area contributed by atoms with Gasteiger partial charge in [-0.2, -0.15) is 5.10 Å². The van der Waals surface area contributed by atoms with Crippen LogP contribution in [0.3, 0.4) is 0 Å². The van der Waals surface area contributed by atoms with Crippen LogP contribution in [0.1, 0.15) is 61.8 Å². The Balaban J connectivity index is 1.59. The lowest BCUT2D eigenvalue weighted by molar-refractivity contribution is -0.136. The lowest BCUT2D eigenvalue weighted by atomic mass is 9.86. The minimum absolute atomic E-state index is 0.0991. The highest BCUT2D eigenvalue weighted by Gasteiger charge is 2.45. The molecule has 4 rings (SSSR count). The fourth-order valence-electron chi connectivity index (χ4n) is 4.95. The van der Waals surface area contributed by atoms with Gasteiger partial charge in [-0.05, 0) is 70.1 Å². The Labute approximate surface area is 172 Å². The number of likely N-dealkylation sites (tertiary alicyclic amines) is 1. The average molecular weight is 401 g/mol. The molecule has 0 radical (unpaired) electrons. The maximum Gasteiger partial charge on any atom is 0.244 e. The van der Waals surface area contributed by atoms with Crippen molar-refractivity contribution < 1.29 is 4.79 Å². The zero-order valence-corrected chi connectivity index (χ0v) is 18.0. The summed E-state index contributed by atoms with van der Waals surface area (Å²) in [7, 11) is 4.14. The third kappa shape index (κ3) is 3.68. The molecule has 1 aliphatic heterocycles. The quantitative estimate of drug-likeness (QED) is 0.759. The van der Waals surface area contributed by atoms with Gasteiger partial charge in [-0.15, -0.1) is 5.10 Å². The molecule has 2 fully saturated rings. The van der Waals surface area contributed by atoms with Crippen LogP contribution < -0.4 is 0 Å². The van der Waals surface area contributed by atoms with Gasteiger partial charge in [0.1, 0.15) is 12.1 Å². The van der Waals surface area contributed by atoms with E-state index in [9.17, 15) is 4.79 Å². The van der Waals surface area contributed by atoms with Crippen LogP contribution in [0.4, 0.5) is 0 Å². The van der Waals surface area contributed by atoms with Crippen molar-refractivity contribution in [2.75, 3.05) is 27.2 Å². The average Bonchev–Trinajstić information content (AvgIpc) is 3.43. The fraction of sp³-hybridized carbons (Fsp3) is 0.750. The van der Waals surface area contributed by atoms with E-state index in [4.69, 9.17) is 0 Å². The summed E-state index contributed by atoms with van der Waals surface area (Å²) in [6.07, 6.45) is 6.58. The Morgan fingerprint density at radius 2 is 2.00 bits per heavy atom. The smallest absolute Gasteiger partial charge is 0.244 e. The third-order valence-corrected chi connectivity index (χ3v) is 6.65. The Bertz CT molecular complexity index is 866. The number of aromatic nitrogens is 6. The second kappa shape index (κ2) is 7.85. The molecule has 0 spiro atoms. The number of rotatable bonds is 5. The molecule has 1 saturated carbocycles. The zero-order valence-electron chi connectivity index (χ0n) is 18.0. The van der Waals surface area contributed by atoms with Crippen molar-refractivity contribution in [2.45, 2.75) is 70.5 Å². The predicted molar refractivity (Wildman–Crippen MR) is 108 cm³/mol. The van der Waals surface area contributed by atoms with E-state index >= 15 is 0 Å². The topological polar surface area (TPSA) is 85.0 Å². The van der Waals surface area contributed by atoms with Gasteiger partial charge in [-0.1, -0.05) is 12.8 Å². The molecule has 158 valence electrons. The van der Waals surface area contributed by atoms with Gasteiger partial charge in [0.2, 0.25) is 5.91 Å². The first kappa shape index (κ1) is 20.0. The Morgan fingerprint density at radius 3 is 2.66 bits per heavy atom. The standard InChI is InChI=1S/C20H32N8O/c1-15-12-16(2)27(22-15)13-18(29)26-11-7-10-20(14-26,25(3)4)19-21-23-24-28(19)17-8-5-6-9-17/h12,17H,5-11,13-14H2,1-4H3. The number of aryl methyl sites for hydroxylation is 2. The van der Waals surface area contributed by atoms with Gasteiger partial charge in [-0.3, -0.25) is 14.4 Å². The number of hydrogen-bond donors (Lipinski definition) is 0. The number of piperidine rings is 1. The summed E-state index contributed by atoms with van der Waals surface area (Å²) in [5.74, 6) is 1.00. The molecule has 9 heteroatoms. The van der Waals surface area contributed by atoms with Crippen LogP contribution in [-0.4, -0.2) is 72.9 Å². The third-order valence-electron chi connectivity index (χ3n) is 6.65. The minimum atomic E-state index is -0.366. The van der Waals surface area contributed by atoms with E-state index in [1.807, 2.05) is 29.5 Å². The lowest BCUT2D eigenvalue weighted by Gasteiger charge is -2.46. The lowest BCUT2D eigenvalue weighted by Crippen LogP contribution is -2.57. The largest absolute Gasteiger partial charge is 0.339 e. The van der Waals surface area contributed by atoms with Crippen LogP contribution in [0.5, 0.6) is 0 Å². The van der Waals surface area contributed by atoms with Crippen LogP contribution >= 0.6 is 0 Å². The fourth-order valence-corrected chi connectivity index (χ4v) is 4.95. The number of likely N-dealkylation sites (N-methyl/N-ethyl adjacent to an activating group) is 1. The first-order valence-electron chi connectivity index (χ1n) is 10.7. The summed E-state index contributed by atoms with van der Waals surface area (Å²) >= 11 is 0. The first-order chi connectivity index (χ1) is 13.9. The second-order valence-electron chi connectivity index (χ2n) is 8.81. The second-order valence-corrected chi connectivity index (χ2v) is 8.81. The van der Waals surface area contributed by atoms with Crippen molar-refractivity contribution in [3.63, 3.8) is 0 Å². The molecule has 1 saturated heterocycles. The molecule has 1 atom stereocenters. The number of nitrogens with zero attached hydrogens (tertiary/aromatic N) is 8. The Morgan fingerprint density at radius 1 is 1.24 bits per heavy atom. The van der Waals surface area contributed by atoms with Crippen molar-refractivity contribution >= 4 is 5.91 Å². The summed E-state index contributed by atoms with van der Waals surface area (Å²) in [5.41, 5.74) is 1.58. The highest BCUT2D eigenvalue weighted by atomic mass is 16.2. The molecule has 2 aromatic heterocycles. The van der Waals surface area contributed by atoms with Gasteiger partial charge in [0.15, 0.2) is 5.82 Å². The number of carbonyl (C=O) groups excluding carboxylic acids is 1. The van der Waals surface area contributed by atoms with Crippen molar-refractivity contribution in [3.8, 4) is 0 Å². The Kier molecular flexibility index (Phi) is 5.42. The van der Waals surface area contributed by atoms with Crippen LogP contribution in [0, 0.1) is 13.8 Å². The van der Waals surface area contributed by atoms with Crippen molar-refractivity contribution in [1.82, 2.24) is 39.8 Å². The van der Waals surface area contributed by atoms with E-state index in [2.05, 4.69) is 39.6 Å². The predicted octanol–water partition coefficient (Wildman–Crippen LogP) is 1.68. The van der Waals surface area contributed by atoms with Gasteiger partial charge in [-0.25, -0.2) is 4.68 Å². The van der Waals surface area contributed by atoms with E-state index in [0.717, 1.165) is 49.4 Å². The van der Waals surface area contributed by atoms with Crippen LogP contribution in [0.25, 0.3) is 0 Å². The van der Waals surface area contributed by atoms with Gasteiger partial charge in [0, 0.05) is 18.8 Å². The zero-order chi connectivity index (χ0) is 20.6. The first-order valence-corrected chi connectivity index (χ1v) is 10.7. The molecule has 0 aromatic carbocycles. The van der Waals surface area contributed by atoms with Crippen molar-refractivity contribution in [2.24, 2.45) is 0 Å². The minimum Gasteiger partial charge on any atom is -0.339 e. The van der Waals surface area contributed by atoms with Gasteiger partial charge in [0.05, 0.1) is 11.7 Å². The van der Waals surface area contributed by atoms with E-state index in [0.29, 0.717) is 12.6 Å². The molecule has 2 aliphatic rings. The maximum absolute atomic E-state index is 13.1. The molecular weight excluding hydrogens is 368 g/mol. The number of amides is 1. The molecule has 9 nitrogen and oxygen atoms in total. The summed E-state index contributed by atoms with van der Waals surface area (Å²) in [5, 5.41) is 17.3. The molecule has 1 unspecified atom stereocenters. The molecule has 0 bridgehead atoms. The number of carbonyl (C=O) groups is 1. The maximum atomic E-state index is 13.1. The Hall–Kier alpha value is -2.29. The van der Waals surface area contributed by atoms with Crippen molar-refractivity contribution in [1.29, 1.82) is 0 Å². The molecule has 0 N–H and O–H groups in total. The summed E-state index contributed by atoms with van der Waals surface area (Å²) < 4.78 is 3.84. The molecular formula is C20H32N8O. The van der Waals surface area contributed by atoms with E-state index < -0.39 is 0 Å².